The van der Waals surface area contributed by atoms with Gasteiger partial charge in [-0.25, -0.2) is 19.4 Å². The van der Waals surface area contributed by atoms with Crippen molar-refractivity contribution < 1.29 is 87.5 Å². The molecule has 5 amide bonds. The van der Waals surface area contributed by atoms with Crippen LogP contribution in [0.15, 0.2) is 144 Å². The summed E-state index contributed by atoms with van der Waals surface area (Å²) in [5.41, 5.74) is 18.9. The quantitative estimate of drug-likeness (QED) is 0.0785. The van der Waals surface area contributed by atoms with Gasteiger partial charge in [-0.2, -0.15) is 38.2 Å². The van der Waals surface area contributed by atoms with E-state index in [-0.39, 0.29) is 60.6 Å². The van der Waals surface area contributed by atoms with E-state index >= 15 is 0 Å². The first-order valence-electron chi connectivity index (χ1n) is 46.9. The second-order valence-electron chi connectivity index (χ2n) is 36.0. The molecular weight excluding hydrogens is 1760 g/mol. The van der Waals surface area contributed by atoms with Crippen molar-refractivity contribution in [1.82, 2.24) is 50.8 Å². The number of morpholine rings is 6. The van der Waals surface area contributed by atoms with Crippen molar-refractivity contribution in [2.24, 2.45) is 5.14 Å². The Bertz CT molecular complexity index is 6130. The minimum absolute atomic E-state index is 0.0116. The van der Waals surface area contributed by atoms with Crippen molar-refractivity contribution in [1.29, 1.82) is 0 Å². The summed E-state index contributed by atoms with van der Waals surface area (Å²) in [7, 11) is -11.5. The smallest absolute Gasteiger partial charge is 0.335 e. The van der Waals surface area contributed by atoms with Gasteiger partial charge in [-0.1, -0.05) is 149 Å². The molecule has 12 aliphatic rings. The maximum absolute atomic E-state index is 13.9. The molecule has 31 nitrogen and oxygen atoms in total. The molecule has 133 heavy (non-hydrogen) atoms. The lowest BCUT2D eigenvalue weighted by molar-refractivity contribution is -0.131. The van der Waals surface area contributed by atoms with Crippen LogP contribution in [0, 0.1) is 0 Å². The van der Waals surface area contributed by atoms with E-state index in [0.29, 0.717) is 180 Å². The lowest BCUT2D eigenvalue weighted by Gasteiger charge is -2.28. The molecule has 5 N–H and O–H groups in total. The third kappa shape index (κ3) is 20.1. The van der Waals surface area contributed by atoms with Gasteiger partial charge in [-0.3, -0.25) is 24.0 Å². The molecule has 6 saturated heterocycles. The number of amides is 5. The molecule has 9 aromatic rings. The number of nitrogens with one attached hydrogen (secondary N) is 2. The number of carbonyl (C=O) groups is 6. The molecule has 0 atom stereocenters. The van der Waals surface area contributed by atoms with Gasteiger partial charge in [0, 0.05) is 156 Å². The summed E-state index contributed by atoms with van der Waals surface area (Å²) in [6.07, 6.45) is 23.5. The first-order valence-corrected chi connectivity index (χ1v) is 51.3. The van der Waals surface area contributed by atoms with E-state index < -0.39 is 48.4 Å². The third-order valence-corrected chi connectivity index (χ3v) is 31.9. The van der Waals surface area contributed by atoms with Crippen molar-refractivity contribution in [2.75, 3.05) is 158 Å². The van der Waals surface area contributed by atoms with Gasteiger partial charge < -0.3 is 61.9 Å². The number of aromatic nitrogens is 3. The van der Waals surface area contributed by atoms with Crippen LogP contribution in [0.4, 0.5) is 0 Å². The Morgan fingerprint density at radius 2 is 0.594 bits per heavy atom. The minimum atomic E-state index is -4.01. The topological polar surface area (TPSA) is 365 Å². The van der Waals surface area contributed by atoms with Crippen molar-refractivity contribution in [3.05, 3.63) is 194 Å². The normalized spacial score (nSPS) is 19.8. The lowest BCUT2D eigenvalue weighted by atomic mass is 9.81. The fourth-order valence-corrected chi connectivity index (χ4v) is 24.1. The number of aromatic carboxylic acids is 1. The van der Waals surface area contributed by atoms with Gasteiger partial charge in [0.05, 0.1) is 122 Å². The summed E-state index contributed by atoms with van der Waals surface area (Å²) >= 11 is 0. The van der Waals surface area contributed by atoms with Crippen LogP contribution in [-0.2, 0) is 93.1 Å². The van der Waals surface area contributed by atoms with E-state index in [1.807, 2.05) is 81.5 Å². The molecule has 12 heterocycles. The number of ether oxygens (including phenoxy) is 6. The number of nitrogens with zero attached hydrogens (tertiary/aromatic N) is 9. The Morgan fingerprint density at radius 3 is 0.872 bits per heavy atom. The predicted molar refractivity (Wildman–Crippen MR) is 506 cm³/mol. The second kappa shape index (κ2) is 40.9. The highest BCUT2D eigenvalue weighted by Crippen LogP contribution is 2.51. The first-order chi connectivity index (χ1) is 64.5. The molecular formula is C99H116N12O19S3. The Morgan fingerprint density at radius 1 is 0.331 bits per heavy atom. The molecule has 0 radical (unpaired) electrons. The molecule has 6 aromatic carbocycles. The predicted octanol–water partition coefficient (Wildman–Crippen LogP) is 11.7. The van der Waals surface area contributed by atoms with E-state index in [1.165, 1.54) is 61.7 Å². The highest BCUT2D eigenvalue weighted by molar-refractivity contribution is 7.88. The third-order valence-electron chi connectivity index (χ3n) is 27.9. The first kappa shape index (κ1) is 92.9. The Labute approximate surface area is 775 Å². The number of rotatable bonds is 14. The highest BCUT2D eigenvalue weighted by Gasteiger charge is 2.39. The second-order valence-corrected chi connectivity index (χ2v) is 40.9. The van der Waals surface area contributed by atoms with Gasteiger partial charge >= 0.3 is 26.4 Å². The van der Waals surface area contributed by atoms with Gasteiger partial charge in [0.2, 0.25) is 0 Å². The largest absolute Gasteiger partial charge is 0.478 e. The Balaban J connectivity index is 0.000000127. The molecule has 9 aliphatic heterocycles. The molecule has 21 rings (SSSR count). The summed E-state index contributed by atoms with van der Waals surface area (Å²) in [6.45, 7) is 11.3. The minimum Gasteiger partial charge on any atom is -0.478 e. The number of carboxylic acids is 1. The average molecular weight is 1870 g/mol. The van der Waals surface area contributed by atoms with E-state index in [2.05, 4.69) is 65.6 Å². The van der Waals surface area contributed by atoms with Gasteiger partial charge in [0.1, 0.15) is 0 Å². The van der Waals surface area contributed by atoms with E-state index in [1.54, 1.807) is 36.4 Å². The van der Waals surface area contributed by atoms with Crippen molar-refractivity contribution in [3.63, 3.8) is 0 Å². The highest BCUT2D eigenvalue weighted by atomic mass is 32.2. The van der Waals surface area contributed by atoms with Crippen LogP contribution in [0.25, 0.3) is 84.7 Å². The number of hydrogen-bond donors (Lipinski definition) is 4. The van der Waals surface area contributed by atoms with Crippen LogP contribution < -0.4 is 14.6 Å². The van der Waals surface area contributed by atoms with Crippen LogP contribution in [0.3, 0.4) is 0 Å². The van der Waals surface area contributed by atoms with Gasteiger partial charge in [0.15, 0.2) is 0 Å². The van der Waals surface area contributed by atoms with E-state index in [0.717, 1.165) is 153 Å². The van der Waals surface area contributed by atoms with Crippen molar-refractivity contribution in [3.8, 4) is 33.8 Å². The summed E-state index contributed by atoms with van der Waals surface area (Å²) < 4.78 is 120. The number of fused-ring (bicyclic) bond motifs is 15. The maximum atomic E-state index is 13.9. The molecule has 0 bridgehead atoms. The molecule has 0 unspecified atom stereocenters. The SMILES string of the molecule is NS(=O)(=O)N1CCOCC1.O=C(NS(=O)(=O)N1CCOCC1)c1ccc2c(C3CCCCC3)c3n(c2c1)CC(C(=O)N1CCOCC1)=Cc1ccccc1-3.O=C(NS(=O)(=O)N1CCOCC1)c1ccc2c(C3CCCCC3)c3n(c2c1)CC(C(=O)N1CCOCC1)=Cc1ccccc1-3.O=C(O)c1ccc2c(C3CCCCC3)c3n(c2c1)CC(C(=O)N1CCOCC1)=Cc1ccccc1-3. The zero-order valence-electron chi connectivity index (χ0n) is 74.9. The number of nitrogens with two attached hydrogens (primary N) is 1. The van der Waals surface area contributed by atoms with E-state index in [4.69, 9.17) is 33.6 Å². The van der Waals surface area contributed by atoms with Crippen molar-refractivity contribution in [2.45, 2.75) is 134 Å². The number of benzene rings is 6. The fourth-order valence-electron chi connectivity index (χ4n) is 21.2. The standard InChI is InChI=1S/2C33H38N4O6S.C29H30N2O4.C4H10N2O3S/c2*38-32(34-44(40,41)36-14-18-43-19-15-36)25-10-11-28-29(21-25)37-22-26(33(39)35-12-16-42-17-13-35)20-24-8-4-5-9-27(24)31(37)30(28)23-6-2-1-3-7-23;32-28(30-12-14-35-15-13-30)22-16-20-8-4-5-9-23(20)27-26(19-6-2-1-3-7-19)24-11-10-21(29(33)34)17-25(24)31(27)18-22;5-10(7,8)6-1-3-9-4-2-6/h2*4-5,8-11,20-21,23H,1-3,6-7,12-19,22H2,(H,34,38);4-5,8-11,16-17,19H,1-3,6-7,12-15,18H2,(H,33,34);1-4H2,(H2,5,7,8). The van der Waals surface area contributed by atoms with Gasteiger partial charge in [-0.15, -0.1) is 0 Å². The lowest BCUT2D eigenvalue weighted by Crippen LogP contribution is -2.48. The molecule has 34 heteroatoms. The number of carbonyl (C=O) groups excluding carboxylic acids is 5. The molecule has 704 valence electrons. The zero-order chi connectivity index (χ0) is 92.1. The maximum Gasteiger partial charge on any atom is 0.335 e. The molecule has 3 aromatic heterocycles. The molecule has 3 aliphatic carbocycles. The summed E-state index contributed by atoms with van der Waals surface area (Å²) in [6, 6.07) is 41.2. The van der Waals surface area contributed by atoms with Gasteiger partial charge in [0.25, 0.3) is 39.7 Å². The van der Waals surface area contributed by atoms with Crippen LogP contribution in [0.5, 0.6) is 0 Å². The summed E-state index contributed by atoms with van der Waals surface area (Å²) in [4.78, 5) is 85.7. The monoisotopic (exact) mass is 1870 g/mol. The fraction of sp³-hybridized carbons (Fsp3) is 0.455. The molecule has 3 saturated carbocycles. The van der Waals surface area contributed by atoms with Crippen LogP contribution in [0.1, 0.15) is 179 Å². The number of carboxylic acid groups (broad SMARTS) is 1. The number of hydrogen-bond acceptors (Lipinski definition) is 18. The van der Waals surface area contributed by atoms with Crippen LogP contribution >= 0.6 is 0 Å². The molecule has 9 fully saturated rings. The van der Waals surface area contributed by atoms with Crippen molar-refractivity contribution >= 4 is 117 Å². The van der Waals surface area contributed by atoms with E-state index in [9.17, 15) is 59.1 Å². The molecule has 0 spiro atoms. The van der Waals surface area contributed by atoms with Crippen LogP contribution in [-0.4, -0.2) is 265 Å². The average Bonchev–Trinajstić information content (AvgIpc) is 1.58. The Kier molecular flexibility index (Phi) is 28.6. The van der Waals surface area contributed by atoms with Gasteiger partial charge in [-0.05, 0) is 144 Å². The Hall–Kier alpha value is -10.6. The zero-order valence-corrected chi connectivity index (χ0v) is 77.4. The summed E-state index contributed by atoms with van der Waals surface area (Å²) in [5, 5.41) is 17.8. The van der Waals surface area contributed by atoms with Crippen LogP contribution in [0.2, 0.25) is 0 Å². The summed E-state index contributed by atoms with van der Waals surface area (Å²) in [5.74, 6) is -1.14.